The van der Waals surface area contributed by atoms with E-state index in [2.05, 4.69) is 0 Å². The van der Waals surface area contributed by atoms with Gasteiger partial charge in [-0.25, -0.2) is 0 Å². The number of esters is 1. The fraction of sp³-hybridized carbons (Fsp3) is 0.833. The van der Waals surface area contributed by atoms with E-state index in [-0.39, 0.29) is 25.1 Å². The van der Waals surface area contributed by atoms with E-state index in [0.717, 1.165) is 5.02 Å². The Bertz CT molecular complexity index is 494. The zero-order chi connectivity index (χ0) is 15.6. The van der Waals surface area contributed by atoms with Crippen LogP contribution in [0, 0.1) is 11.3 Å². The molecule has 1 aromatic rings. The zero-order valence-corrected chi connectivity index (χ0v) is 12.4. The minimum Gasteiger partial charge on any atom is -0.481 e. The number of carbonyl (C=O) groups is 2. The zero-order valence-electron chi connectivity index (χ0n) is 12.4. The second-order valence-corrected chi connectivity index (χ2v) is 6.03. The van der Waals surface area contributed by atoms with E-state index in [4.69, 9.17) is 19.3 Å². The van der Waals surface area contributed by atoms with Gasteiger partial charge in [0.2, 0.25) is 0 Å². The van der Waals surface area contributed by atoms with Crippen LogP contribution in [0.3, 0.4) is 0 Å². The van der Waals surface area contributed by atoms with Gasteiger partial charge in [-0.1, -0.05) is 0 Å². The Morgan fingerprint density at radius 3 is 2.62 bits per heavy atom. The molecule has 1 aromatic heterocycles. The van der Waals surface area contributed by atoms with Crippen molar-refractivity contribution in [3.63, 3.8) is 0 Å². The van der Waals surface area contributed by atoms with Crippen molar-refractivity contribution in [1.82, 2.24) is 9.98 Å². The number of nitrogens with zero attached hydrogens (tertiary/aromatic N) is 3. The van der Waals surface area contributed by atoms with E-state index < -0.39 is 11.4 Å². The lowest BCUT2D eigenvalue weighted by Gasteiger charge is -2.15. The highest BCUT2D eigenvalue weighted by Gasteiger charge is 2.33. The first-order chi connectivity index (χ1) is 9.79. The van der Waals surface area contributed by atoms with Crippen LogP contribution in [0.4, 0.5) is 0 Å². The fourth-order valence-electron chi connectivity index (χ4n) is 1.84. The van der Waals surface area contributed by atoms with Crippen molar-refractivity contribution in [2.45, 2.75) is 27.2 Å². The molecular weight excluding hydrogens is 282 g/mol. The molecule has 1 N–H and O–H groups in total. The van der Waals surface area contributed by atoms with Gasteiger partial charge in [-0.15, -0.1) is 0 Å². The van der Waals surface area contributed by atoms with Crippen molar-refractivity contribution < 1.29 is 28.9 Å². The van der Waals surface area contributed by atoms with Gasteiger partial charge < -0.3 is 14.7 Å². The van der Waals surface area contributed by atoms with E-state index in [1.54, 1.807) is 25.8 Å². The van der Waals surface area contributed by atoms with Gasteiger partial charge in [0.25, 0.3) is 0 Å². The largest absolute Gasteiger partial charge is 0.481 e. The minimum absolute atomic E-state index is 0.127. The number of aromatic nitrogens is 2. The van der Waals surface area contributed by atoms with Gasteiger partial charge in [0, 0.05) is 11.5 Å². The maximum Gasteiger partial charge on any atom is 0.311 e. The Morgan fingerprint density at radius 1 is 1.33 bits per heavy atom. The van der Waals surface area contributed by atoms with Gasteiger partial charge in [0.05, 0.1) is 17.9 Å². The maximum atomic E-state index is 11.5. The van der Waals surface area contributed by atoms with E-state index in [1.807, 2.05) is 0 Å². The molecular formula is C12H21N3O6. The van der Waals surface area contributed by atoms with Gasteiger partial charge >= 0.3 is 11.9 Å². The molecule has 1 atom stereocenters. The van der Waals surface area contributed by atoms with Gasteiger partial charge in [0.1, 0.15) is 11.6 Å². The van der Waals surface area contributed by atoms with Crippen molar-refractivity contribution in [2.24, 2.45) is 11.3 Å². The summed E-state index contributed by atoms with van der Waals surface area (Å²) in [5.74, 6) is -1.48. The molecule has 0 spiro atoms. The second kappa shape index (κ2) is 5.74. The van der Waals surface area contributed by atoms with Crippen molar-refractivity contribution in [3.05, 3.63) is 0 Å². The highest BCUT2D eigenvalue weighted by Crippen LogP contribution is 2.17. The summed E-state index contributed by atoms with van der Waals surface area (Å²) in [7, 11) is 0. The number of aliphatic carboxylic acids is 1. The average molecular weight is 303 g/mol. The normalized spacial score (nSPS) is 19.0. The van der Waals surface area contributed by atoms with E-state index in [1.165, 1.54) is 4.96 Å². The van der Waals surface area contributed by atoms with Crippen LogP contribution in [0.2, 0.25) is 0 Å². The number of carbonyl (C=O) groups excluding carboxylic acids is 1. The summed E-state index contributed by atoms with van der Waals surface area (Å²) >= 11 is 0. The Hall–Kier alpha value is -2.06. The van der Waals surface area contributed by atoms with Gasteiger partial charge in [-0.05, 0) is 27.2 Å². The number of carboxylic acids is 1. The fourth-order valence-corrected chi connectivity index (χ4v) is 1.84. The van der Waals surface area contributed by atoms with Crippen LogP contribution < -0.4 is 9.85 Å². The highest BCUT2D eigenvalue weighted by molar-refractivity contribution is 5.75. The first kappa shape index (κ1) is 15.3. The van der Waals surface area contributed by atoms with Crippen LogP contribution in [0.15, 0.2) is 4.63 Å². The molecule has 1 saturated heterocycles. The van der Waals surface area contributed by atoms with Crippen molar-refractivity contribution >= 4 is 11.9 Å². The Balaban J connectivity index is 1.65. The number of hydrogen-bond donors (Lipinski definition) is 1. The second-order valence-electron chi connectivity index (χ2n) is 6.03. The first-order valence-electron chi connectivity index (χ1n) is 6.85. The summed E-state index contributed by atoms with van der Waals surface area (Å²) in [4.78, 5) is 28.9. The van der Waals surface area contributed by atoms with E-state index in [9.17, 15) is 9.59 Å². The molecule has 1 aliphatic rings. The summed E-state index contributed by atoms with van der Waals surface area (Å²) in [6.07, 6.45) is 0.576. The maximum absolute atomic E-state index is 11.5. The lowest BCUT2D eigenvalue weighted by molar-refractivity contribution is -0.154. The topological polar surface area (TPSA) is 99.1 Å². The molecule has 0 saturated carbocycles. The molecule has 9 nitrogen and oxygen atoms in total. The summed E-state index contributed by atoms with van der Waals surface area (Å²) in [6.45, 7) is 6.59. The number of hydrogen-bond acceptors (Lipinski definition) is 6. The molecule has 0 aromatic carbocycles. The Labute approximate surface area is 121 Å². The van der Waals surface area contributed by atoms with Crippen molar-refractivity contribution in [3.8, 4) is 0 Å². The van der Waals surface area contributed by atoms with Crippen LogP contribution >= 0.6 is 0 Å². The molecule has 1 unspecified atom stereocenters. The molecule has 120 valence electrons. The molecule has 21 heavy (non-hydrogen) atoms. The highest BCUT2D eigenvalue weighted by atomic mass is 17.0. The lowest BCUT2D eigenvalue weighted by atomic mass is 9.97. The van der Waals surface area contributed by atoms with Crippen molar-refractivity contribution in [1.29, 1.82) is 0 Å². The number of rotatable bonds is 6. The van der Waals surface area contributed by atoms with Crippen LogP contribution in [0.1, 0.15) is 27.2 Å². The van der Waals surface area contributed by atoms with E-state index >= 15 is 0 Å². The summed E-state index contributed by atoms with van der Waals surface area (Å²) in [5, 5.41) is 11.8. The molecule has 1 aliphatic heterocycles. The van der Waals surface area contributed by atoms with Crippen LogP contribution in [-0.4, -0.2) is 53.3 Å². The van der Waals surface area contributed by atoms with Gasteiger partial charge in [-0.2, -0.15) is 4.63 Å². The third-order valence-electron chi connectivity index (χ3n) is 3.15. The molecule has 0 radical (unpaired) electrons. The Morgan fingerprint density at radius 2 is 2.05 bits per heavy atom. The van der Waals surface area contributed by atoms with Crippen molar-refractivity contribution in [2.75, 3.05) is 31.3 Å². The predicted octanol–water partition coefficient (Wildman–Crippen LogP) is -0.0570. The summed E-state index contributed by atoms with van der Waals surface area (Å²) in [6, 6.07) is 0. The molecule has 0 aliphatic carbocycles. The first-order valence-corrected chi connectivity index (χ1v) is 6.85. The molecule has 0 amide bonds. The minimum atomic E-state index is -0.805. The molecule has 1 fully saturated rings. The lowest BCUT2D eigenvalue weighted by Crippen LogP contribution is -2.32. The SMILES string of the molecule is CC(C)(C)C(=O)OCCOn1on1N1CCC(C(=O)O)C1. The standard InChI is InChI=1S/C12H21N3O6/c1-12(2,3)11(18)19-6-7-20-15-14(21-15)13-5-4-9(8-13)10(16)17/h9H,4-8H2,1-3H3,(H,16,17). The Kier molecular flexibility index (Phi) is 4.19. The number of ether oxygens (including phenoxy) is 1. The monoisotopic (exact) mass is 303 g/mol. The van der Waals surface area contributed by atoms with Gasteiger partial charge in [-0.3, -0.25) is 14.6 Å². The molecule has 9 heteroatoms. The third-order valence-corrected chi connectivity index (χ3v) is 3.15. The smallest absolute Gasteiger partial charge is 0.311 e. The van der Waals surface area contributed by atoms with E-state index in [0.29, 0.717) is 19.5 Å². The quantitative estimate of drug-likeness (QED) is 0.580. The number of carboxylic acid groups (broad SMARTS) is 1. The molecule has 0 bridgehead atoms. The van der Waals surface area contributed by atoms with Crippen LogP contribution in [0.5, 0.6) is 0 Å². The average Bonchev–Trinajstić information content (AvgIpc) is 2.98. The third kappa shape index (κ3) is 3.96. The molecule has 2 rings (SSSR count). The molecule has 2 heterocycles. The predicted molar refractivity (Wildman–Crippen MR) is 70.2 cm³/mol. The summed E-state index contributed by atoms with van der Waals surface area (Å²) in [5.41, 5.74) is -0.538. The summed E-state index contributed by atoms with van der Waals surface area (Å²) < 4.78 is 10.1. The van der Waals surface area contributed by atoms with Crippen LogP contribution in [-0.2, 0) is 14.3 Å². The van der Waals surface area contributed by atoms with Gasteiger partial charge in [0.15, 0.2) is 6.61 Å². The van der Waals surface area contributed by atoms with Crippen LogP contribution in [0.25, 0.3) is 0 Å².